The van der Waals surface area contributed by atoms with Gasteiger partial charge >= 0.3 is 0 Å². The maximum Gasteiger partial charge on any atom is 0.251 e. The SMILES string of the molecule is O=C(NCc1cccc(-n2cncn2)c1)c1ccc2c(c1)CCN(C1CCC1)CC2. The van der Waals surface area contributed by atoms with Gasteiger partial charge in [0.05, 0.1) is 5.69 Å². The van der Waals surface area contributed by atoms with Crippen molar-refractivity contribution >= 4 is 5.91 Å². The summed E-state index contributed by atoms with van der Waals surface area (Å²) in [4.78, 5) is 19.4. The molecule has 1 saturated carbocycles. The van der Waals surface area contributed by atoms with Crippen LogP contribution in [-0.2, 0) is 19.4 Å². The molecule has 1 aliphatic carbocycles. The molecule has 1 N–H and O–H groups in total. The van der Waals surface area contributed by atoms with E-state index >= 15 is 0 Å². The lowest BCUT2D eigenvalue weighted by atomic mass is 9.91. The minimum absolute atomic E-state index is 0.0240. The number of carbonyl (C=O) groups excluding carboxylic acids is 1. The van der Waals surface area contributed by atoms with Crippen LogP contribution < -0.4 is 5.32 Å². The molecule has 30 heavy (non-hydrogen) atoms. The highest BCUT2D eigenvalue weighted by Gasteiger charge is 2.26. The van der Waals surface area contributed by atoms with Crippen LogP contribution in [0.15, 0.2) is 55.1 Å². The minimum atomic E-state index is -0.0240. The number of hydrogen-bond donors (Lipinski definition) is 1. The highest BCUT2D eigenvalue weighted by molar-refractivity contribution is 5.94. The molecule has 5 rings (SSSR count). The number of aromatic nitrogens is 3. The molecule has 6 nitrogen and oxygen atoms in total. The Labute approximate surface area is 176 Å². The van der Waals surface area contributed by atoms with Crippen LogP contribution >= 0.6 is 0 Å². The zero-order chi connectivity index (χ0) is 20.3. The van der Waals surface area contributed by atoms with Gasteiger partial charge < -0.3 is 5.32 Å². The van der Waals surface area contributed by atoms with Gasteiger partial charge in [-0.05, 0) is 66.6 Å². The van der Waals surface area contributed by atoms with Crippen LogP contribution in [0.2, 0.25) is 0 Å². The van der Waals surface area contributed by atoms with Gasteiger partial charge in [-0.3, -0.25) is 9.69 Å². The summed E-state index contributed by atoms with van der Waals surface area (Å²) < 4.78 is 1.71. The first-order valence-electron chi connectivity index (χ1n) is 10.8. The predicted octanol–water partition coefficient (Wildman–Crippen LogP) is 3.15. The topological polar surface area (TPSA) is 63.1 Å². The van der Waals surface area contributed by atoms with Crippen molar-refractivity contribution in [2.45, 2.75) is 44.7 Å². The smallest absolute Gasteiger partial charge is 0.251 e. The summed E-state index contributed by atoms with van der Waals surface area (Å²) in [5.74, 6) is -0.0240. The number of nitrogens with zero attached hydrogens (tertiary/aromatic N) is 4. The molecule has 3 aromatic rings. The Bertz CT molecular complexity index is 1030. The summed E-state index contributed by atoms with van der Waals surface area (Å²) in [6, 6.07) is 15.0. The zero-order valence-electron chi connectivity index (χ0n) is 17.1. The van der Waals surface area contributed by atoms with Crippen LogP contribution in [0.25, 0.3) is 5.69 Å². The lowest BCUT2D eigenvalue weighted by molar-refractivity contribution is 0.0950. The van der Waals surface area contributed by atoms with Gasteiger partial charge in [0.2, 0.25) is 0 Å². The van der Waals surface area contributed by atoms with E-state index in [9.17, 15) is 4.79 Å². The van der Waals surface area contributed by atoms with Crippen LogP contribution in [0.5, 0.6) is 0 Å². The van der Waals surface area contributed by atoms with Gasteiger partial charge in [-0.15, -0.1) is 0 Å². The number of benzene rings is 2. The van der Waals surface area contributed by atoms with Gasteiger partial charge in [0.15, 0.2) is 0 Å². The van der Waals surface area contributed by atoms with Crippen LogP contribution in [0.4, 0.5) is 0 Å². The van der Waals surface area contributed by atoms with Gasteiger partial charge in [-0.25, -0.2) is 9.67 Å². The zero-order valence-corrected chi connectivity index (χ0v) is 17.1. The van der Waals surface area contributed by atoms with E-state index in [1.807, 2.05) is 30.3 Å². The van der Waals surface area contributed by atoms with Crippen molar-refractivity contribution < 1.29 is 4.79 Å². The third-order valence-electron chi connectivity index (χ3n) is 6.44. The number of fused-ring (bicyclic) bond motifs is 1. The van der Waals surface area contributed by atoms with Crippen molar-refractivity contribution in [2.75, 3.05) is 13.1 Å². The molecule has 6 heteroatoms. The van der Waals surface area contributed by atoms with E-state index in [0.717, 1.165) is 48.8 Å². The predicted molar refractivity (Wildman–Crippen MR) is 116 cm³/mol. The van der Waals surface area contributed by atoms with Crippen LogP contribution in [0.1, 0.15) is 46.3 Å². The Morgan fingerprint density at radius 1 is 1.07 bits per heavy atom. The number of amides is 1. The summed E-state index contributed by atoms with van der Waals surface area (Å²) in [6.07, 6.45) is 9.37. The van der Waals surface area contributed by atoms with E-state index < -0.39 is 0 Å². The average molecular weight is 402 g/mol. The summed E-state index contributed by atoms with van der Waals surface area (Å²) in [5.41, 5.74) is 5.44. The van der Waals surface area contributed by atoms with Crippen LogP contribution in [-0.4, -0.2) is 44.7 Å². The van der Waals surface area contributed by atoms with Gasteiger partial charge in [-0.1, -0.05) is 24.6 Å². The molecule has 0 spiro atoms. The molecule has 0 atom stereocenters. The molecule has 1 aliphatic heterocycles. The van der Waals surface area contributed by atoms with Crippen LogP contribution in [0, 0.1) is 0 Å². The molecule has 1 fully saturated rings. The Morgan fingerprint density at radius 3 is 2.70 bits per heavy atom. The first-order chi connectivity index (χ1) is 14.8. The number of carbonyl (C=O) groups is 1. The fourth-order valence-corrected chi connectivity index (χ4v) is 4.44. The Kier molecular flexibility index (Phi) is 5.32. The van der Waals surface area contributed by atoms with E-state index in [4.69, 9.17) is 0 Å². The number of rotatable bonds is 5. The maximum atomic E-state index is 12.8. The summed E-state index contributed by atoms with van der Waals surface area (Å²) >= 11 is 0. The molecule has 0 unspecified atom stereocenters. The van der Waals surface area contributed by atoms with E-state index in [1.54, 1.807) is 11.0 Å². The van der Waals surface area contributed by atoms with Gasteiger partial charge in [-0.2, -0.15) is 5.10 Å². The second-order valence-corrected chi connectivity index (χ2v) is 8.30. The normalized spacial score (nSPS) is 17.1. The van der Waals surface area contributed by atoms with Crippen molar-refractivity contribution in [2.24, 2.45) is 0 Å². The third-order valence-corrected chi connectivity index (χ3v) is 6.44. The number of nitrogens with one attached hydrogen (secondary N) is 1. The molecule has 1 aromatic heterocycles. The lowest BCUT2D eigenvalue weighted by Crippen LogP contribution is -2.41. The lowest BCUT2D eigenvalue weighted by Gasteiger charge is -2.36. The average Bonchev–Trinajstić information content (AvgIpc) is 3.20. The highest BCUT2D eigenvalue weighted by atomic mass is 16.1. The second kappa shape index (κ2) is 8.40. The first-order valence-corrected chi connectivity index (χ1v) is 10.8. The van der Waals surface area contributed by atoms with Gasteiger partial charge in [0, 0.05) is 31.2 Å². The fraction of sp³-hybridized carbons (Fsp3) is 0.375. The first kappa shape index (κ1) is 19.0. The molecule has 0 saturated heterocycles. The minimum Gasteiger partial charge on any atom is -0.348 e. The summed E-state index contributed by atoms with van der Waals surface area (Å²) in [5, 5.41) is 7.22. The molecule has 0 bridgehead atoms. The molecular formula is C24H27N5O. The largest absolute Gasteiger partial charge is 0.348 e. The van der Waals surface area contributed by atoms with E-state index in [0.29, 0.717) is 6.54 Å². The van der Waals surface area contributed by atoms with Gasteiger partial charge in [0.25, 0.3) is 5.91 Å². The summed E-state index contributed by atoms with van der Waals surface area (Å²) in [7, 11) is 0. The molecule has 0 radical (unpaired) electrons. The van der Waals surface area contributed by atoms with Crippen molar-refractivity contribution in [3.8, 4) is 5.69 Å². The Balaban J connectivity index is 1.23. The van der Waals surface area contributed by atoms with Crippen molar-refractivity contribution in [3.05, 3.63) is 77.4 Å². The van der Waals surface area contributed by atoms with Crippen molar-refractivity contribution in [1.82, 2.24) is 25.0 Å². The second-order valence-electron chi connectivity index (χ2n) is 8.30. The molecule has 2 aromatic carbocycles. The molecule has 154 valence electrons. The summed E-state index contributed by atoms with van der Waals surface area (Å²) in [6.45, 7) is 2.73. The quantitative estimate of drug-likeness (QED) is 0.713. The Morgan fingerprint density at radius 2 is 1.93 bits per heavy atom. The molecular weight excluding hydrogens is 374 g/mol. The standard InChI is InChI=1S/C24H27N5O/c30-24(26-15-18-3-1-6-23(13-18)29-17-25-16-27-29)21-8-7-19-9-11-28(22-4-2-5-22)12-10-20(19)14-21/h1,3,6-8,13-14,16-17,22H,2,4-5,9-12,15H2,(H,26,30). The van der Waals surface area contributed by atoms with Crippen LogP contribution in [0.3, 0.4) is 0 Å². The van der Waals surface area contributed by atoms with E-state index in [1.165, 1.54) is 36.7 Å². The molecule has 2 aliphatic rings. The highest BCUT2D eigenvalue weighted by Crippen LogP contribution is 2.27. The van der Waals surface area contributed by atoms with Gasteiger partial charge in [0.1, 0.15) is 12.7 Å². The molecule has 1 amide bonds. The van der Waals surface area contributed by atoms with Crippen molar-refractivity contribution in [1.29, 1.82) is 0 Å². The van der Waals surface area contributed by atoms with E-state index in [-0.39, 0.29) is 5.91 Å². The van der Waals surface area contributed by atoms with Crippen molar-refractivity contribution in [3.63, 3.8) is 0 Å². The monoisotopic (exact) mass is 401 g/mol. The fourth-order valence-electron chi connectivity index (χ4n) is 4.44. The third kappa shape index (κ3) is 4.00. The van der Waals surface area contributed by atoms with E-state index in [2.05, 4.69) is 32.4 Å². The maximum absolute atomic E-state index is 12.8. The Hall–Kier alpha value is -2.99. The molecule has 2 heterocycles. The number of hydrogen-bond acceptors (Lipinski definition) is 4.